The molecule has 2 atom stereocenters. The summed E-state index contributed by atoms with van der Waals surface area (Å²) < 4.78 is 0.612. The van der Waals surface area contributed by atoms with E-state index in [1.165, 1.54) is 19.3 Å². The summed E-state index contributed by atoms with van der Waals surface area (Å²) in [6.45, 7) is 2.21. The van der Waals surface area contributed by atoms with Gasteiger partial charge in [0.15, 0.2) is 0 Å². The van der Waals surface area contributed by atoms with Gasteiger partial charge >= 0.3 is 0 Å². The molecule has 0 saturated heterocycles. The highest BCUT2D eigenvalue weighted by Crippen LogP contribution is 2.24. The van der Waals surface area contributed by atoms with Crippen molar-refractivity contribution in [2.45, 2.75) is 38.6 Å². The minimum absolute atomic E-state index is 0.0243. The summed E-state index contributed by atoms with van der Waals surface area (Å²) in [6, 6.07) is 3.88. The van der Waals surface area contributed by atoms with Crippen molar-refractivity contribution in [2.24, 2.45) is 5.92 Å². The van der Waals surface area contributed by atoms with Crippen LogP contribution in [0.25, 0.3) is 0 Å². The number of nitrogens with one attached hydrogen (secondary N) is 1. The second-order valence-corrected chi connectivity index (χ2v) is 5.43. The van der Waals surface area contributed by atoms with Crippen LogP contribution < -0.4 is 5.32 Å². The van der Waals surface area contributed by atoms with Gasteiger partial charge in [-0.05, 0) is 46.8 Å². The summed E-state index contributed by atoms with van der Waals surface area (Å²) in [6.07, 6.45) is 6.46. The summed E-state index contributed by atoms with van der Waals surface area (Å²) >= 11 is 3.30. The van der Waals surface area contributed by atoms with E-state index < -0.39 is 0 Å². The predicted molar refractivity (Wildman–Crippen MR) is 70.8 cm³/mol. The molecule has 0 spiro atoms. The van der Waals surface area contributed by atoms with Crippen molar-refractivity contribution in [3.63, 3.8) is 0 Å². The number of hydrogen-bond acceptors (Lipinski definition) is 2. The molecule has 1 fully saturated rings. The SMILES string of the molecule is CC1CCCCC1NC(=O)c1cccnc1Br. The number of aromatic nitrogens is 1. The monoisotopic (exact) mass is 296 g/mol. The van der Waals surface area contributed by atoms with Gasteiger partial charge in [0.05, 0.1) is 5.56 Å². The first-order valence-corrected chi connectivity index (χ1v) is 6.89. The molecule has 1 N–H and O–H groups in total. The van der Waals surface area contributed by atoms with Gasteiger partial charge in [-0.25, -0.2) is 4.98 Å². The molecule has 1 heterocycles. The van der Waals surface area contributed by atoms with Gasteiger partial charge in [-0.15, -0.1) is 0 Å². The van der Waals surface area contributed by atoms with E-state index in [4.69, 9.17) is 0 Å². The number of halogens is 1. The molecule has 17 heavy (non-hydrogen) atoms. The molecule has 1 saturated carbocycles. The fourth-order valence-electron chi connectivity index (χ4n) is 2.33. The van der Waals surface area contributed by atoms with Crippen molar-refractivity contribution < 1.29 is 4.79 Å². The molecule has 4 heteroatoms. The molecule has 0 radical (unpaired) electrons. The molecular formula is C13H17BrN2O. The van der Waals surface area contributed by atoms with Crippen molar-refractivity contribution in [3.05, 3.63) is 28.5 Å². The summed E-state index contributed by atoms with van der Waals surface area (Å²) in [5, 5.41) is 3.12. The van der Waals surface area contributed by atoms with E-state index >= 15 is 0 Å². The standard InChI is InChI=1S/C13H17BrN2O/c1-9-5-2-3-7-11(9)16-13(17)10-6-4-8-15-12(10)14/h4,6,8-9,11H,2-3,5,7H2,1H3,(H,16,17). The number of amides is 1. The average molecular weight is 297 g/mol. The Kier molecular flexibility index (Phi) is 4.15. The quantitative estimate of drug-likeness (QED) is 0.852. The van der Waals surface area contributed by atoms with Crippen LogP contribution in [0.15, 0.2) is 22.9 Å². The zero-order valence-electron chi connectivity index (χ0n) is 9.95. The van der Waals surface area contributed by atoms with Crippen LogP contribution in [-0.4, -0.2) is 16.9 Å². The van der Waals surface area contributed by atoms with Crippen LogP contribution in [0.1, 0.15) is 43.0 Å². The highest BCUT2D eigenvalue weighted by atomic mass is 79.9. The lowest BCUT2D eigenvalue weighted by Crippen LogP contribution is -2.41. The molecule has 1 aliphatic rings. The van der Waals surface area contributed by atoms with Gasteiger partial charge in [0.1, 0.15) is 4.60 Å². The molecule has 1 aliphatic carbocycles. The Balaban J connectivity index is 2.04. The summed E-state index contributed by atoms with van der Waals surface area (Å²) in [4.78, 5) is 16.2. The maximum atomic E-state index is 12.1. The minimum Gasteiger partial charge on any atom is -0.349 e. The Morgan fingerprint density at radius 2 is 2.24 bits per heavy atom. The van der Waals surface area contributed by atoms with Crippen LogP contribution in [0.3, 0.4) is 0 Å². The largest absolute Gasteiger partial charge is 0.349 e. The Labute approximate surface area is 110 Å². The van der Waals surface area contributed by atoms with E-state index in [1.54, 1.807) is 18.3 Å². The number of rotatable bonds is 2. The maximum absolute atomic E-state index is 12.1. The normalized spacial score (nSPS) is 24.4. The van der Waals surface area contributed by atoms with Crippen LogP contribution in [0.2, 0.25) is 0 Å². The third-order valence-electron chi connectivity index (χ3n) is 3.43. The Morgan fingerprint density at radius 1 is 1.47 bits per heavy atom. The predicted octanol–water partition coefficient (Wildman–Crippen LogP) is 3.15. The fourth-order valence-corrected chi connectivity index (χ4v) is 2.76. The zero-order valence-corrected chi connectivity index (χ0v) is 11.5. The summed E-state index contributed by atoms with van der Waals surface area (Å²) in [5.41, 5.74) is 0.616. The summed E-state index contributed by atoms with van der Waals surface area (Å²) in [5.74, 6) is 0.548. The van der Waals surface area contributed by atoms with E-state index in [0.29, 0.717) is 22.1 Å². The average Bonchev–Trinajstić information content (AvgIpc) is 2.32. The van der Waals surface area contributed by atoms with E-state index in [9.17, 15) is 4.79 Å². The number of hydrogen-bond donors (Lipinski definition) is 1. The second kappa shape index (κ2) is 5.63. The zero-order chi connectivity index (χ0) is 12.3. The van der Waals surface area contributed by atoms with Crippen LogP contribution >= 0.6 is 15.9 Å². The molecule has 2 rings (SSSR count). The first-order chi connectivity index (χ1) is 8.18. The first-order valence-electron chi connectivity index (χ1n) is 6.10. The fraction of sp³-hybridized carbons (Fsp3) is 0.538. The first kappa shape index (κ1) is 12.6. The topological polar surface area (TPSA) is 42.0 Å². The highest BCUT2D eigenvalue weighted by Gasteiger charge is 2.23. The molecule has 3 nitrogen and oxygen atoms in total. The van der Waals surface area contributed by atoms with Crippen molar-refractivity contribution in [1.82, 2.24) is 10.3 Å². The summed E-state index contributed by atoms with van der Waals surface area (Å²) in [7, 11) is 0. The number of carbonyl (C=O) groups excluding carboxylic acids is 1. The second-order valence-electron chi connectivity index (χ2n) is 4.68. The van der Waals surface area contributed by atoms with E-state index in [-0.39, 0.29) is 5.91 Å². The number of nitrogens with zero attached hydrogens (tertiary/aromatic N) is 1. The molecule has 0 aromatic carbocycles. The molecular weight excluding hydrogens is 280 g/mol. The molecule has 2 unspecified atom stereocenters. The van der Waals surface area contributed by atoms with Crippen LogP contribution in [0, 0.1) is 5.92 Å². The molecule has 1 aromatic heterocycles. The van der Waals surface area contributed by atoms with Crippen molar-refractivity contribution in [2.75, 3.05) is 0 Å². The maximum Gasteiger partial charge on any atom is 0.254 e. The van der Waals surface area contributed by atoms with Crippen molar-refractivity contribution in [1.29, 1.82) is 0 Å². The van der Waals surface area contributed by atoms with Crippen molar-refractivity contribution >= 4 is 21.8 Å². The molecule has 0 aliphatic heterocycles. The smallest absolute Gasteiger partial charge is 0.254 e. The molecule has 0 bridgehead atoms. The molecule has 1 aromatic rings. The third kappa shape index (κ3) is 3.06. The lowest BCUT2D eigenvalue weighted by atomic mass is 9.86. The van der Waals surface area contributed by atoms with E-state index in [2.05, 4.69) is 33.2 Å². The van der Waals surface area contributed by atoms with Gasteiger partial charge in [-0.3, -0.25) is 4.79 Å². The molecule has 92 valence electrons. The van der Waals surface area contributed by atoms with Gasteiger partial charge in [0, 0.05) is 12.2 Å². The van der Waals surface area contributed by atoms with Crippen molar-refractivity contribution in [3.8, 4) is 0 Å². The lowest BCUT2D eigenvalue weighted by molar-refractivity contribution is 0.0909. The van der Waals surface area contributed by atoms with Gasteiger partial charge in [-0.2, -0.15) is 0 Å². The minimum atomic E-state index is -0.0243. The number of pyridine rings is 1. The van der Waals surface area contributed by atoms with Gasteiger partial charge < -0.3 is 5.32 Å². The number of carbonyl (C=O) groups is 1. The third-order valence-corrected chi connectivity index (χ3v) is 4.06. The van der Waals surface area contributed by atoms with E-state index in [1.807, 2.05) is 0 Å². The Bertz CT molecular complexity index is 408. The Morgan fingerprint density at radius 3 is 2.94 bits per heavy atom. The van der Waals surface area contributed by atoms with Gasteiger partial charge in [-0.1, -0.05) is 19.8 Å². The van der Waals surface area contributed by atoms with Gasteiger partial charge in [0.25, 0.3) is 5.91 Å². The van der Waals surface area contributed by atoms with E-state index in [0.717, 1.165) is 6.42 Å². The molecule has 1 amide bonds. The van der Waals surface area contributed by atoms with Gasteiger partial charge in [0.2, 0.25) is 0 Å². The highest BCUT2D eigenvalue weighted by molar-refractivity contribution is 9.10. The lowest BCUT2D eigenvalue weighted by Gasteiger charge is -2.29. The Hall–Kier alpha value is -0.900. The van der Waals surface area contributed by atoms with Crippen LogP contribution in [0.4, 0.5) is 0 Å². The van der Waals surface area contributed by atoms with Crippen LogP contribution in [0.5, 0.6) is 0 Å². The van der Waals surface area contributed by atoms with Crippen LogP contribution in [-0.2, 0) is 0 Å².